The number of amides is 1. The quantitative estimate of drug-likeness (QED) is 0.798. The Labute approximate surface area is 127 Å². The van der Waals surface area contributed by atoms with Gasteiger partial charge in [-0.15, -0.1) is 0 Å². The molecule has 2 N–H and O–H groups in total. The van der Waals surface area contributed by atoms with Crippen LogP contribution in [-0.2, 0) is 11.2 Å². The van der Waals surface area contributed by atoms with Crippen LogP contribution in [0.5, 0.6) is 5.75 Å². The maximum atomic E-state index is 11.6. The molecular formula is C15H20BrNO3. The summed E-state index contributed by atoms with van der Waals surface area (Å²) < 4.78 is 6.31. The number of halogens is 1. The summed E-state index contributed by atoms with van der Waals surface area (Å²) in [6, 6.07) is 5.81. The number of carbonyl (C=O) groups excluding carboxylic acids is 1. The fourth-order valence-corrected chi connectivity index (χ4v) is 2.56. The lowest BCUT2D eigenvalue weighted by atomic mass is 9.99. The van der Waals surface area contributed by atoms with Gasteiger partial charge < -0.3 is 15.2 Å². The Hall–Kier alpha value is -1.07. The van der Waals surface area contributed by atoms with Gasteiger partial charge in [0.1, 0.15) is 5.75 Å². The number of carbonyl (C=O) groups is 1. The van der Waals surface area contributed by atoms with Crippen molar-refractivity contribution in [3.63, 3.8) is 0 Å². The number of ether oxygens (including phenoxy) is 1. The zero-order chi connectivity index (χ0) is 14.5. The molecule has 4 nitrogen and oxygen atoms in total. The molecule has 20 heavy (non-hydrogen) atoms. The maximum absolute atomic E-state index is 11.6. The molecule has 0 saturated heterocycles. The van der Waals surface area contributed by atoms with E-state index in [0.29, 0.717) is 13.0 Å². The Morgan fingerprint density at radius 1 is 1.55 bits per heavy atom. The van der Waals surface area contributed by atoms with Crippen LogP contribution in [0.25, 0.3) is 0 Å². The highest BCUT2D eigenvalue weighted by Crippen LogP contribution is 2.29. The highest BCUT2D eigenvalue weighted by molar-refractivity contribution is 9.10. The number of hydrogen-bond acceptors (Lipinski definition) is 3. The standard InChI is InChI=1S/C15H20BrNO3/c1-20-14-5-4-13(16)7-12(14)6-10(9-18)8-17-15(19)11-2-3-11/h4-5,7,10-11,18H,2-3,6,8-9H2,1H3,(H,17,19). The van der Waals surface area contributed by atoms with Gasteiger partial charge in [0.2, 0.25) is 5.91 Å². The molecule has 0 heterocycles. The van der Waals surface area contributed by atoms with E-state index in [9.17, 15) is 9.90 Å². The van der Waals surface area contributed by atoms with Crippen LogP contribution in [0.1, 0.15) is 18.4 Å². The second kappa shape index (κ2) is 7.09. The van der Waals surface area contributed by atoms with Gasteiger partial charge in [-0.2, -0.15) is 0 Å². The highest BCUT2D eigenvalue weighted by Gasteiger charge is 2.29. The summed E-state index contributed by atoms with van der Waals surface area (Å²) in [7, 11) is 1.63. The summed E-state index contributed by atoms with van der Waals surface area (Å²) in [5, 5.41) is 12.4. The number of aliphatic hydroxyl groups excluding tert-OH is 1. The van der Waals surface area contributed by atoms with Crippen molar-refractivity contribution in [1.82, 2.24) is 5.32 Å². The number of benzene rings is 1. The van der Waals surface area contributed by atoms with Crippen molar-refractivity contribution in [3.05, 3.63) is 28.2 Å². The third kappa shape index (κ3) is 4.21. The largest absolute Gasteiger partial charge is 0.496 e. The molecule has 0 aliphatic heterocycles. The van der Waals surface area contributed by atoms with Crippen molar-refractivity contribution in [2.75, 3.05) is 20.3 Å². The molecule has 2 rings (SSSR count). The Morgan fingerprint density at radius 2 is 2.30 bits per heavy atom. The van der Waals surface area contributed by atoms with E-state index in [1.165, 1.54) is 0 Å². The molecule has 1 aromatic carbocycles. The lowest BCUT2D eigenvalue weighted by Crippen LogP contribution is -2.32. The molecule has 110 valence electrons. The van der Waals surface area contributed by atoms with Crippen LogP contribution in [-0.4, -0.2) is 31.3 Å². The number of rotatable bonds is 7. The van der Waals surface area contributed by atoms with Gasteiger partial charge in [-0.3, -0.25) is 4.79 Å². The van der Waals surface area contributed by atoms with Gasteiger partial charge in [-0.25, -0.2) is 0 Å². The Balaban J connectivity index is 1.94. The van der Waals surface area contributed by atoms with E-state index in [1.54, 1.807) is 7.11 Å². The van der Waals surface area contributed by atoms with Gasteiger partial charge >= 0.3 is 0 Å². The van der Waals surface area contributed by atoms with E-state index in [2.05, 4.69) is 21.2 Å². The zero-order valence-corrected chi connectivity index (χ0v) is 13.1. The minimum absolute atomic E-state index is 0.000833. The molecule has 1 aliphatic carbocycles. The molecule has 1 aromatic rings. The van der Waals surface area contributed by atoms with Crippen molar-refractivity contribution in [2.45, 2.75) is 19.3 Å². The van der Waals surface area contributed by atoms with Crippen LogP contribution in [0.15, 0.2) is 22.7 Å². The molecule has 0 bridgehead atoms. The fourth-order valence-electron chi connectivity index (χ4n) is 2.15. The second-order valence-corrected chi connectivity index (χ2v) is 6.14. The van der Waals surface area contributed by atoms with Gasteiger partial charge in [-0.05, 0) is 43.0 Å². The molecule has 0 aromatic heterocycles. The first kappa shape index (κ1) is 15.3. The van der Waals surface area contributed by atoms with Gasteiger partial charge in [0, 0.05) is 29.5 Å². The summed E-state index contributed by atoms with van der Waals surface area (Å²) in [5.41, 5.74) is 1.03. The van der Waals surface area contributed by atoms with Crippen LogP contribution in [0.4, 0.5) is 0 Å². The number of aliphatic hydroxyl groups is 1. The molecule has 1 unspecified atom stereocenters. The number of methoxy groups -OCH3 is 1. The first-order valence-electron chi connectivity index (χ1n) is 6.85. The Bertz CT molecular complexity index is 474. The van der Waals surface area contributed by atoms with E-state index >= 15 is 0 Å². The summed E-state index contributed by atoms with van der Waals surface area (Å²) in [4.78, 5) is 11.6. The van der Waals surface area contributed by atoms with Crippen molar-refractivity contribution < 1.29 is 14.6 Å². The molecule has 1 aliphatic rings. The molecule has 1 amide bonds. The smallest absolute Gasteiger partial charge is 0.223 e. The van der Waals surface area contributed by atoms with E-state index in [1.807, 2.05) is 18.2 Å². The first-order valence-corrected chi connectivity index (χ1v) is 7.64. The summed E-state index contributed by atoms with van der Waals surface area (Å²) in [6.45, 7) is 0.544. The van der Waals surface area contributed by atoms with Crippen molar-refractivity contribution in [1.29, 1.82) is 0 Å². The minimum Gasteiger partial charge on any atom is -0.496 e. The molecule has 1 fully saturated rings. The predicted molar refractivity (Wildman–Crippen MR) is 80.7 cm³/mol. The lowest BCUT2D eigenvalue weighted by molar-refractivity contribution is -0.122. The van der Waals surface area contributed by atoms with E-state index in [-0.39, 0.29) is 24.3 Å². The van der Waals surface area contributed by atoms with Crippen molar-refractivity contribution in [2.24, 2.45) is 11.8 Å². The summed E-state index contributed by atoms with van der Waals surface area (Å²) in [6.07, 6.45) is 2.66. The minimum atomic E-state index is 0.000833. The van der Waals surface area contributed by atoms with Crippen LogP contribution in [0.2, 0.25) is 0 Å². The van der Waals surface area contributed by atoms with Crippen LogP contribution in [0, 0.1) is 11.8 Å². The number of hydrogen-bond donors (Lipinski definition) is 2. The lowest BCUT2D eigenvalue weighted by Gasteiger charge is -2.17. The highest BCUT2D eigenvalue weighted by atomic mass is 79.9. The third-order valence-corrected chi connectivity index (χ3v) is 4.02. The van der Waals surface area contributed by atoms with Crippen LogP contribution < -0.4 is 10.1 Å². The predicted octanol–water partition coefficient (Wildman–Crippen LogP) is 2.13. The molecule has 1 saturated carbocycles. The maximum Gasteiger partial charge on any atom is 0.223 e. The summed E-state index contributed by atoms with van der Waals surface area (Å²) in [5.74, 6) is 1.13. The van der Waals surface area contributed by atoms with Crippen molar-refractivity contribution in [3.8, 4) is 5.75 Å². The van der Waals surface area contributed by atoms with Gasteiger partial charge in [0.15, 0.2) is 0 Å². The Kier molecular flexibility index (Phi) is 5.43. The molecule has 0 radical (unpaired) electrons. The summed E-state index contributed by atoms with van der Waals surface area (Å²) >= 11 is 3.44. The van der Waals surface area contributed by atoms with E-state index in [0.717, 1.165) is 28.6 Å². The average Bonchev–Trinajstić information content (AvgIpc) is 3.27. The normalized spacial score (nSPS) is 15.8. The zero-order valence-electron chi connectivity index (χ0n) is 11.6. The average molecular weight is 342 g/mol. The molecule has 5 heteroatoms. The van der Waals surface area contributed by atoms with Gasteiger partial charge in [0.25, 0.3) is 0 Å². The molecule has 0 spiro atoms. The first-order chi connectivity index (χ1) is 9.63. The van der Waals surface area contributed by atoms with Gasteiger partial charge in [-0.1, -0.05) is 15.9 Å². The fraction of sp³-hybridized carbons (Fsp3) is 0.533. The van der Waals surface area contributed by atoms with E-state index < -0.39 is 0 Å². The Morgan fingerprint density at radius 3 is 2.90 bits per heavy atom. The number of nitrogens with one attached hydrogen (secondary N) is 1. The monoisotopic (exact) mass is 341 g/mol. The third-order valence-electron chi connectivity index (χ3n) is 3.52. The second-order valence-electron chi connectivity index (χ2n) is 5.23. The molecular weight excluding hydrogens is 322 g/mol. The molecule has 1 atom stereocenters. The topological polar surface area (TPSA) is 58.6 Å². The van der Waals surface area contributed by atoms with Gasteiger partial charge in [0.05, 0.1) is 7.11 Å². The van der Waals surface area contributed by atoms with Crippen LogP contribution >= 0.6 is 15.9 Å². The van der Waals surface area contributed by atoms with Crippen molar-refractivity contribution >= 4 is 21.8 Å². The van der Waals surface area contributed by atoms with Crippen LogP contribution in [0.3, 0.4) is 0 Å². The SMILES string of the molecule is COc1ccc(Br)cc1CC(CO)CNC(=O)C1CC1. The van der Waals surface area contributed by atoms with E-state index in [4.69, 9.17) is 4.74 Å².